The second kappa shape index (κ2) is 6.38. The third-order valence-corrected chi connectivity index (χ3v) is 2.33. The van der Waals surface area contributed by atoms with Crippen LogP contribution in [0.5, 0.6) is 0 Å². The van der Waals surface area contributed by atoms with Gasteiger partial charge in [-0.3, -0.25) is 4.79 Å². The number of amides is 1. The zero-order valence-electron chi connectivity index (χ0n) is 11.7. The molecule has 0 unspecified atom stereocenters. The molecule has 0 aliphatic rings. The Balaban J connectivity index is 2.57. The first-order chi connectivity index (χ1) is 8.42. The van der Waals surface area contributed by atoms with Crippen molar-refractivity contribution in [3.8, 4) is 0 Å². The van der Waals surface area contributed by atoms with E-state index in [-0.39, 0.29) is 11.4 Å². The molecule has 0 saturated heterocycles. The highest BCUT2D eigenvalue weighted by atomic mass is 16.1. The van der Waals surface area contributed by atoms with E-state index in [2.05, 4.69) is 43.3 Å². The van der Waals surface area contributed by atoms with Crippen molar-refractivity contribution >= 4 is 11.6 Å². The lowest BCUT2D eigenvalue weighted by Gasteiger charge is -2.21. The summed E-state index contributed by atoms with van der Waals surface area (Å²) in [7, 11) is 0. The predicted octanol–water partition coefficient (Wildman–Crippen LogP) is 2.82. The van der Waals surface area contributed by atoms with Gasteiger partial charge in [-0.1, -0.05) is 13.3 Å². The van der Waals surface area contributed by atoms with E-state index >= 15 is 0 Å². The third-order valence-electron chi connectivity index (χ3n) is 2.33. The van der Waals surface area contributed by atoms with E-state index in [9.17, 15) is 4.79 Å². The fourth-order valence-corrected chi connectivity index (χ4v) is 1.50. The number of nitrogens with zero attached hydrogens (tertiary/aromatic N) is 1. The Morgan fingerprint density at radius 1 is 1.33 bits per heavy atom. The monoisotopic (exact) mass is 249 g/mol. The summed E-state index contributed by atoms with van der Waals surface area (Å²) in [5.41, 5.74) is 1.38. The Morgan fingerprint density at radius 3 is 2.56 bits per heavy atom. The van der Waals surface area contributed by atoms with E-state index in [1.807, 2.05) is 6.07 Å². The van der Waals surface area contributed by atoms with Crippen molar-refractivity contribution in [3.63, 3.8) is 0 Å². The number of unbranched alkanes of at least 4 members (excludes halogenated alkanes) is 1. The Bertz CT molecular complexity index is 379. The maximum Gasteiger partial charge on any atom is 0.269 e. The van der Waals surface area contributed by atoms with Gasteiger partial charge in [0.1, 0.15) is 5.69 Å². The first kappa shape index (κ1) is 14.5. The highest BCUT2D eigenvalue weighted by molar-refractivity contribution is 5.92. The quantitative estimate of drug-likeness (QED) is 0.789. The lowest BCUT2D eigenvalue weighted by atomic mass is 10.1. The standard InChI is InChI=1S/C14H23N3O/c1-5-6-9-15-13(18)12-8-7-11(10-16-12)17-14(2,3)4/h7-8,10,17H,5-6,9H2,1-4H3,(H,15,18). The molecule has 4 heteroatoms. The molecular formula is C14H23N3O. The zero-order chi connectivity index (χ0) is 13.6. The molecule has 0 aliphatic carbocycles. The number of hydrogen-bond donors (Lipinski definition) is 2. The average Bonchev–Trinajstić information content (AvgIpc) is 2.28. The van der Waals surface area contributed by atoms with E-state index < -0.39 is 0 Å². The summed E-state index contributed by atoms with van der Waals surface area (Å²) >= 11 is 0. The van der Waals surface area contributed by atoms with Crippen LogP contribution >= 0.6 is 0 Å². The van der Waals surface area contributed by atoms with Crippen molar-refractivity contribution in [2.24, 2.45) is 0 Å². The number of carbonyl (C=O) groups is 1. The molecule has 0 atom stereocenters. The highest BCUT2D eigenvalue weighted by Gasteiger charge is 2.10. The van der Waals surface area contributed by atoms with Gasteiger partial charge in [-0.05, 0) is 39.3 Å². The van der Waals surface area contributed by atoms with Gasteiger partial charge in [-0.25, -0.2) is 4.98 Å². The molecule has 1 rings (SSSR count). The van der Waals surface area contributed by atoms with Gasteiger partial charge in [-0.15, -0.1) is 0 Å². The van der Waals surface area contributed by atoms with Gasteiger partial charge >= 0.3 is 0 Å². The first-order valence-corrected chi connectivity index (χ1v) is 6.45. The van der Waals surface area contributed by atoms with Crippen LogP contribution in [0.15, 0.2) is 18.3 Å². The van der Waals surface area contributed by atoms with Crippen LogP contribution in [0.3, 0.4) is 0 Å². The Morgan fingerprint density at radius 2 is 2.06 bits per heavy atom. The molecule has 18 heavy (non-hydrogen) atoms. The largest absolute Gasteiger partial charge is 0.379 e. The van der Waals surface area contributed by atoms with Crippen LogP contribution in [0, 0.1) is 0 Å². The van der Waals surface area contributed by atoms with Crippen molar-refractivity contribution < 1.29 is 4.79 Å². The van der Waals surface area contributed by atoms with E-state index in [0.717, 1.165) is 18.5 Å². The molecule has 4 nitrogen and oxygen atoms in total. The molecule has 1 aromatic rings. The number of aromatic nitrogens is 1. The smallest absolute Gasteiger partial charge is 0.269 e. The first-order valence-electron chi connectivity index (χ1n) is 6.45. The number of anilines is 1. The topological polar surface area (TPSA) is 54.0 Å². The Hall–Kier alpha value is -1.58. The minimum atomic E-state index is -0.106. The molecular weight excluding hydrogens is 226 g/mol. The molecule has 0 bridgehead atoms. The summed E-state index contributed by atoms with van der Waals surface area (Å²) in [4.78, 5) is 15.9. The van der Waals surface area contributed by atoms with E-state index in [1.54, 1.807) is 12.3 Å². The summed E-state index contributed by atoms with van der Waals surface area (Å²) < 4.78 is 0. The van der Waals surface area contributed by atoms with Crippen LogP contribution in [-0.4, -0.2) is 23.0 Å². The molecule has 1 heterocycles. The summed E-state index contributed by atoms with van der Waals surface area (Å²) in [5.74, 6) is -0.106. The van der Waals surface area contributed by atoms with E-state index in [1.165, 1.54) is 0 Å². The van der Waals surface area contributed by atoms with Crippen LogP contribution in [-0.2, 0) is 0 Å². The van der Waals surface area contributed by atoms with Crippen LogP contribution in [0.2, 0.25) is 0 Å². The highest BCUT2D eigenvalue weighted by Crippen LogP contribution is 2.13. The molecule has 0 spiro atoms. The molecule has 0 radical (unpaired) electrons. The maximum absolute atomic E-state index is 11.7. The minimum absolute atomic E-state index is 0.00736. The second-order valence-electron chi connectivity index (χ2n) is 5.42. The van der Waals surface area contributed by atoms with Crippen molar-refractivity contribution in [3.05, 3.63) is 24.0 Å². The Labute approximate surface area is 109 Å². The van der Waals surface area contributed by atoms with Gasteiger partial charge in [0.15, 0.2) is 0 Å². The van der Waals surface area contributed by atoms with E-state index in [4.69, 9.17) is 0 Å². The zero-order valence-corrected chi connectivity index (χ0v) is 11.7. The van der Waals surface area contributed by atoms with Crippen LogP contribution in [0.4, 0.5) is 5.69 Å². The number of rotatable bonds is 5. The van der Waals surface area contributed by atoms with Crippen molar-refractivity contribution in [2.75, 3.05) is 11.9 Å². The van der Waals surface area contributed by atoms with Gasteiger partial charge in [-0.2, -0.15) is 0 Å². The minimum Gasteiger partial charge on any atom is -0.379 e. The molecule has 1 aromatic heterocycles. The summed E-state index contributed by atoms with van der Waals surface area (Å²) in [6.07, 6.45) is 3.76. The molecule has 0 aliphatic heterocycles. The van der Waals surface area contributed by atoms with E-state index in [0.29, 0.717) is 12.2 Å². The van der Waals surface area contributed by atoms with Crippen LogP contribution in [0.25, 0.3) is 0 Å². The van der Waals surface area contributed by atoms with Crippen molar-refractivity contribution in [1.29, 1.82) is 0 Å². The molecule has 0 fully saturated rings. The summed E-state index contributed by atoms with van der Waals surface area (Å²) in [6, 6.07) is 3.63. The third kappa shape index (κ3) is 5.17. The fraction of sp³-hybridized carbons (Fsp3) is 0.571. The average molecular weight is 249 g/mol. The van der Waals surface area contributed by atoms with Crippen LogP contribution < -0.4 is 10.6 Å². The van der Waals surface area contributed by atoms with Crippen molar-refractivity contribution in [1.82, 2.24) is 10.3 Å². The Kier molecular flexibility index (Phi) is 5.13. The van der Waals surface area contributed by atoms with Gasteiger partial charge in [0.2, 0.25) is 0 Å². The number of hydrogen-bond acceptors (Lipinski definition) is 3. The number of nitrogens with one attached hydrogen (secondary N) is 2. The molecule has 1 amide bonds. The normalized spacial score (nSPS) is 11.1. The molecule has 0 aromatic carbocycles. The van der Waals surface area contributed by atoms with Crippen LogP contribution in [0.1, 0.15) is 51.0 Å². The number of carbonyl (C=O) groups excluding carboxylic acids is 1. The van der Waals surface area contributed by atoms with Gasteiger partial charge in [0.25, 0.3) is 5.91 Å². The van der Waals surface area contributed by atoms with Gasteiger partial charge in [0, 0.05) is 12.1 Å². The maximum atomic E-state index is 11.7. The van der Waals surface area contributed by atoms with Crippen molar-refractivity contribution in [2.45, 2.75) is 46.1 Å². The lowest BCUT2D eigenvalue weighted by Crippen LogP contribution is -2.27. The van der Waals surface area contributed by atoms with Gasteiger partial charge in [0.05, 0.1) is 11.9 Å². The summed E-state index contributed by atoms with van der Waals surface area (Å²) in [5, 5.41) is 6.15. The number of pyridine rings is 1. The molecule has 100 valence electrons. The lowest BCUT2D eigenvalue weighted by molar-refractivity contribution is 0.0948. The SMILES string of the molecule is CCCCNC(=O)c1ccc(NC(C)(C)C)cn1. The fourth-order valence-electron chi connectivity index (χ4n) is 1.50. The second-order valence-corrected chi connectivity index (χ2v) is 5.42. The summed E-state index contributed by atoms with van der Waals surface area (Å²) in [6.45, 7) is 9.05. The predicted molar refractivity (Wildman–Crippen MR) is 74.9 cm³/mol. The molecule has 0 saturated carbocycles. The van der Waals surface area contributed by atoms with Gasteiger partial charge < -0.3 is 10.6 Å². The molecule has 2 N–H and O–H groups in total.